The highest BCUT2D eigenvalue weighted by Crippen LogP contribution is 2.41. The van der Waals surface area contributed by atoms with Crippen LogP contribution in [0.5, 0.6) is 0 Å². The highest BCUT2D eigenvalue weighted by atomic mass is 16.2. The highest BCUT2D eigenvalue weighted by Gasteiger charge is 2.46. The molecule has 0 aromatic heterocycles. The van der Waals surface area contributed by atoms with E-state index in [1.807, 2.05) is 34.1 Å². The number of piperidine rings is 2. The van der Waals surface area contributed by atoms with Gasteiger partial charge in [0.2, 0.25) is 0 Å². The smallest absolute Gasteiger partial charge is 0.254 e. The van der Waals surface area contributed by atoms with E-state index in [-0.39, 0.29) is 34.0 Å². The average molecular weight is 413 g/mol. The summed E-state index contributed by atoms with van der Waals surface area (Å²) in [4.78, 5) is 31.4. The summed E-state index contributed by atoms with van der Waals surface area (Å²) in [6, 6.07) is 7.37. The Morgan fingerprint density at radius 2 is 0.933 bits per heavy atom. The van der Waals surface area contributed by atoms with Gasteiger partial charge >= 0.3 is 0 Å². The Morgan fingerprint density at radius 1 is 0.633 bits per heavy atom. The monoisotopic (exact) mass is 412 g/mol. The number of hydrogen-bond acceptors (Lipinski definition) is 2. The zero-order valence-corrected chi connectivity index (χ0v) is 20.3. The number of rotatable bonds is 2. The predicted molar refractivity (Wildman–Crippen MR) is 123 cm³/mol. The van der Waals surface area contributed by atoms with E-state index in [0.29, 0.717) is 11.1 Å². The van der Waals surface area contributed by atoms with Gasteiger partial charge in [-0.05, 0) is 112 Å². The van der Waals surface area contributed by atoms with Crippen LogP contribution in [0.4, 0.5) is 0 Å². The standard InChI is InChI=1S/C26H40N2O2/c1-23(2)14-10-15-24(3,4)27(23)21(29)19-12-9-13-20(18-19)22(30)28-25(5,6)16-11-17-26(28,7)8/h9,12-13,18H,10-11,14-17H2,1-8H3. The Morgan fingerprint density at radius 3 is 1.23 bits per heavy atom. The summed E-state index contributed by atoms with van der Waals surface area (Å²) < 4.78 is 0. The van der Waals surface area contributed by atoms with Crippen LogP contribution in [0.2, 0.25) is 0 Å². The van der Waals surface area contributed by atoms with E-state index in [0.717, 1.165) is 38.5 Å². The molecule has 4 heteroatoms. The Balaban J connectivity index is 1.96. The first-order valence-electron chi connectivity index (χ1n) is 11.5. The zero-order chi connectivity index (χ0) is 22.5. The predicted octanol–water partition coefficient (Wildman–Crippen LogP) is 6.05. The number of carbonyl (C=O) groups excluding carboxylic acids is 2. The van der Waals surface area contributed by atoms with Crippen LogP contribution in [-0.2, 0) is 0 Å². The average Bonchev–Trinajstić information content (AvgIpc) is 2.58. The first-order valence-corrected chi connectivity index (χ1v) is 11.5. The third-order valence-electron chi connectivity index (χ3n) is 7.34. The minimum absolute atomic E-state index is 0.0246. The van der Waals surface area contributed by atoms with E-state index in [9.17, 15) is 9.59 Å². The fourth-order valence-corrected chi connectivity index (χ4v) is 6.14. The van der Waals surface area contributed by atoms with Crippen molar-refractivity contribution in [3.05, 3.63) is 35.4 Å². The first kappa shape index (κ1) is 22.8. The Hall–Kier alpha value is -1.84. The summed E-state index contributed by atoms with van der Waals surface area (Å²) in [6.45, 7) is 17.2. The zero-order valence-electron chi connectivity index (χ0n) is 20.3. The maximum Gasteiger partial charge on any atom is 0.254 e. The van der Waals surface area contributed by atoms with Gasteiger partial charge in [0, 0.05) is 33.3 Å². The number of nitrogens with zero attached hydrogens (tertiary/aromatic N) is 2. The molecule has 0 unspecified atom stereocenters. The molecule has 0 radical (unpaired) electrons. The second-order valence-electron chi connectivity index (χ2n) is 11.8. The number of benzene rings is 1. The van der Waals surface area contributed by atoms with Crippen LogP contribution in [-0.4, -0.2) is 43.8 Å². The Bertz CT molecular complexity index is 738. The van der Waals surface area contributed by atoms with Crippen molar-refractivity contribution in [3.63, 3.8) is 0 Å². The lowest BCUT2D eigenvalue weighted by atomic mass is 9.79. The number of amides is 2. The van der Waals surface area contributed by atoms with Crippen LogP contribution in [0, 0.1) is 0 Å². The summed E-state index contributed by atoms with van der Waals surface area (Å²) in [5.74, 6) is 0.0491. The normalized spacial score (nSPS) is 24.4. The molecule has 2 heterocycles. The van der Waals surface area contributed by atoms with Gasteiger partial charge < -0.3 is 9.80 Å². The third kappa shape index (κ3) is 4.02. The molecule has 2 amide bonds. The molecule has 4 nitrogen and oxygen atoms in total. The van der Waals surface area contributed by atoms with E-state index in [4.69, 9.17) is 0 Å². The maximum atomic E-state index is 13.6. The molecule has 2 fully saturated rings. The summed E-state index contributed by atoms with van der Waals surface area (Å²) in [5.41, 5.74) is 0.421. The molecule has 2 aliphatic heterocycles. The van der Waals surface area contributed by atoms with Crippen LogP contribution in [0.3, 0.4) is 0 Å². The van der Waals surface area contributed by atoms with Crippen LogP contribution < -0.4 is 0 Å². The van der Waals surface area contributed by atoms with Crippen molar-refractivity contribution in [2.45, 2.75) is 116 Å². The number of hydrogen-bond donors (Lipinski definition) is 0. The molecule has 30 heavy (non-hydrogen) atoms. The lowest BCUT2D eigenvalue weighted by Crippen LogP contribution is -2.61. The Kier molecular flexibility index (Phi) is 5.62. The second-order valence-corrected chi connectivity index (χ2v) is 11.8. The van der Waals surface area contributed by atoms with E-state index >= 15 is 0 Å². The van der Waals surface area contributed by atoms with Gasteiger partial charge in [-0.2, -0.15) is 0 Å². The van der Waals surface area contributed by atoms with E-state index in [1.165, 1.54) is 0 Å². The first-order chi connectivity index (χ1) is 13.7. The van der Waals surface area contributed by atoms with Gasteiger partial charge in [-0.15, -0.1) is 0 Å². The molecular weight excluding hydrogens is 372 g/mol. The number of likely N-dealkylation sites (tertiary alicyclic amines) is 2. The van der Waals surface area contributed by atoms with Gasteiger partial charge in [-0.3, -0.25) is 9.59 Å². The minimum Gasteiger partial charge on any atom is -0.328 e. The molecule has 0 N–H and O–H groups in total. The molecule has 0 saturated carbocycles. The fourth-order valence-electron chi connectivity index (χ4n) is 6.14. The van der Waals surface area contributed by atoms with E-state index in [2.05, 4.69) is 55.4 Å². The SMILES string of the molecule is CC1(C)CCCC(C)(C)N1C(=O)c1cccc(C(=O)N2C(C)(C)CCCC2(C)C)c1. The third-order valence-corrected chi connectivity index (χ3v) is 7.34. The van der Waals surface area contributed by atoms with Crippen molar-refractivity contribution >= 4 is 11.8 Å². The quantitative estimate of drug-likeness (QED) is 0.593. The van der Waals surface area contributed by atoms with Crippen LogP contribution in [0.15, 0.2) is 24.3 Å². The van der Waals surface area contributed by atoms with Gasteiger partial charge in [0.15, 0.2) is 0 Å². The molecule has 0 atom stereocenters. The lowest BCUT2D eigenvalue weighted by Gasteiger charge is -2.53. The molecule has 0 bridgehead atoms. The summed E-state index contributed by atoms with van der Waals surface area (Å²) in [7, 11) is 0. The van der Waals surface area contributed by atoms with E-state index in [1.54, 1.807) is 0 Å². The molecule has 2 aliphatic rings. The van der Waals surface area contributed by atoms with Crippen molar-refractivity contribution in [2.75, 3.05) is 0 Å². The fraction of sp³-hybridized carbons (Fsp3) is 0.692. The largest absolute Gasteiger partial charge is 0.328 e. The maximum absolute atomic E-state index is 13.6. The van der Waals surface area contributed by atoms with Gasteiger partial charge in [0.05, 0.1) is 0 Å². The van der Waals surface area contributed by atoms with Crippen molar-refractivity contribution in [2.24, 2.45) is 0 Å². The molecule has 3 rings (SSSR count). The topological polar surface area (TPSA) is 40.6 Å². The number of carbonyl (C=O) groups is 2. The molecule has 0 spiro atoms. The van der Waals surface area contributed by atoms with Crippen molar-refractivity contribution in [3.8, 4) is 0 Å². The van der Waals surface area contributed by atoms with Crippen molar-refractivity contribution < 1.29 is 9.59 Å². The summed E-state index contributed by atoms with van der Waals surface area (Å²) in [6.07, 6.45) is 6.24. The molecular formula is C26H40N2O2. The molecule has 1 aromatic carbocycles. The minimum atomic E-state index is -0.199. The Labute approximate surface area is 183 Å². The molecule has 2 saturated heterocycles. The lowest BCUT2D eigenvalue weighted by molar-refractivity contribution is -0.0113. The van der Waals surface area contributed by atoms with Crippen LogP contribution >= 0.6 is 0 Å². The second kappa shape index (κ2) is 7.39. The molecule has 0 aliphatic carbocycles. The summed E-state index contributed by atoms with van der Waals surface area (Å²) in [5, 5.41) is 0. The van der Waals surface area contributed by atoms with Crippen molar-refractivity contribution in [1.82, 2.24) is 9.80 Å². The van der Waals surface area contributed by atoms with Gasteiger partial charge in [-0.25, -0.2) is 0 Å². The van der Waals surface area contributed by atoms with Gasteiger partial charge in [-0.1, -0.05) is 6.07 Å². The van der Waals surface area contributed by atoms with Crippen LogP contribution in [0.1, 0.15) is 115 Å². The van der Waals surface area contributed by atoms with Gasteiger partial charge in [0.1, 0.15) is 0 Å². The molecule has 166 valence electrons. The van der Waals surface area contributed by atoms with Crippen LogP contribution in [0.25, 0.3) is 0 Å². The van der Waals surface area contributed by atoms with Gasteiger partial charge in [0.25, 0.3) is 11.8 Å². The summed E-state index contributed by atoms with van der Waals surface area (Å²) >= 11 is 0. The molecule has 1 aromatic rings. The van der Waals surface area contributed by atoms with E-state index < -0.39 is 0 Å². The highest BCUT2D eigenvalue weighted by molar-refractivity contribution is 6.00. The van der Waals surface area contributed by atoms with Crippen molar-refractivity contribution in [1.29, 1.82) is 0 Å².